The molecule has 35 heavy (non-hydrogen) atoms. The SMILES string of the molecule is O=c1ccn(C2OC(COP(=O)(O)OP(=O)(O)OP(=O)(O)SC3CCCCC3)C(O)C2O)c(=O)[nH]1. The van der Waals surface area contributed by atoms with Gasteiger partial charge in [-0.1, -0.05) is 19.3 Å². The molecule has 2 fully saturated rings. The van der Waals surface area contributed by atoms with Gasteiger partial charge < -0.3 is 29.6 Å². The van der Waals surface area contributed by atoms with E-state index in [1.165, 1.54) is 0 Å². The lowest BCUT2D eigenvalue weighted by Gasteiger charge is -2.24. The molecule has 1 saturated carbocycles. The number of rotatable bonds is 10. The van der Waals surface area contributed by atoms with Crippen molar-refractivity contribution in [2.45, 2.75) is 61.9 Å². The average molecular weight is 582 g/mol. The van der Waals surface area contributed by atoms with Crippen LogP contribution in [0.15, 0.2) is 21.9 Å². The summed E-state index contributed by atoms with van der Waals surface area (Å²) in [6, 6.07) is 0.953. The van der Waals surface area contributed by atoms with Gasteiger partial charge in [-0.15, -0.1) is 0 Å². The number of aliphatic hydroxyl groups excluding tert-OH is 2. The molecule has 0 bridgehead atoms. The number of hydrogen-bond acceptors (Lipinski definition) is 12. The molecule has 7 atom stereocenters. The molecule has 2 aliphatic rings. The van der Waals surface area contributed by atoms with Gasteiger partial charge in [-0.3, -0.25) is 18.9 Å². The number of aromatic amines is 1. The molecule has 0 amide bonds. The predicted octanol–water partition coefficient (Wildman–Crippen LogP) is 0.573. The quantitative estimate of drug-likeness (QED) is 0.207. The lowest BCUT2D eigenvalue weighted by atomic mass is 10.0. The van der Waals surface area contributed by atoms with Crippen LogP contribution in [0.2, 0.25) is 0 Å². The van der Waals surface area contributed by atoms with Gasteiger partial charge in [0.1, 0.15) is 18.3 Å². The van der Waals surface area contributed by atoms with E-state index in [1.807, 2.05) is 4.98 Å². The van der Waals surface area contributed by atoms with Crippen LogP contribution in [0.5, 0.6) is 0 Å². The molecule has 1 aliphatic heterocycles. The van der Waals surface area contributed by atoms with Crippen LogP contribution in [0.1, 0.15) is 38.3 Å². The summed E-state index contributed by atoms with van der Waals surface area (Å²) >= 11 is 0.444. The van der Waals surface area contributed by atoms with Crippen LogP contribution in [0, 0.1) is 0 Å². The van der Waals surface area contributed by atoms with E-state index in [1.54, 1.807) is 0 Å². The van der Waals surface area contributed by atoms with Gasteiger partial charge in [-0.2, -0.15) is 8.62 Å². The first-order chi connectivity index (χ1) is 16.2. The van der Waals surface area contributed by atoms with Gasteiger partial charge in [0.15, 0.2) is 6.23 Å². The van der Waals surface area contributed by atoms with Crippen molar-refractivity contribution in [3.8, 4) is 0 Å². The first-order valence-corrected chi connectivity index (χ1v) is 16.3. The number of hydrogen-bond donors (Lipinski definition) is 6. The Morgan fingerprint density at radius 1 is 1.03 bits per heavy atom. The van der Waals surface area contributed by atoms with E-state index in [0.29, 0.717) is 24.2 Å². The fourth-order valence-corrected chi connectivity index (χ4v) is 10.5. The maximum Gasteiger partial charge on any atom is 0.488 e. The van der Waals surface area contributed by atoms with E-state index >= 15 is 0 Å². The molecule has 0 spiro atoms. The fourth-order valence-electron chi connectivity index (χ4n) is 3.57. The number of phosphoric acid groups is 2. The highest BCUT2D eigenvalue weighted by Crippen LogP contribution is 2.72. The van der Waals surface area contributed by atoms with Crippen LogP contribution < -0.4 is 11.2 Å². The molecule has 2 heterocycles. The summed E-state index contributed by atoms with van der Waals surface area (Å²) in [4.78, 5) is 54.3. The number of H-pyrrole nitrogens is 1. The molecule has 0 radical (unpaired) electrons. The van der Waals surface area contributed by atoms with Crippen LogP contribution in [0.4, 0.5) is 0 Å². The molecule has 16 nitrogen and oxygen atoms in total. The van der Waals surface area contributed by atoms with E-state index in [2.05, 4.69) is 13.1 Å². The highest BCUT2D eigenvalue weighted by atomic mass is 32.7. The first-order valence-electron chi connectivity index (χ1n) is 10.3. The van der Waals surface area contributed by atoms with Crippen molar-refractivity contribution in [2.24, 2.45) is 0 Å². The van der Waals surface area contributed by atoms with Gasteiger partial charge >= 0.3 is 28.1 Å². The summed E-state index contributed by atoms with van der Waals surface area (Å²) < 4.78 is 55.2. The minimum atomic E-state index is -5.57. The Balaban J connectivity index is 1.57. The predicted molar refractivity (Wildman–Crippen MR) is 119 cm³/mol. The summed E-state index contributed by atoms with van der Waals surface area (Å²) in [6.45, 7) is -5.72. The maximum atomic E-state index is 12.2. The third-order valence-corrected chi connectivity index (χ3v) is 12.2. The molecule has 1 aliphatic carbocycles. The van der Waals surface area contributed by atoms with Gasteiger partial charge in [-0.25, -0.2) is 18.5 Å². The highest BCUT2D eigenvalue weighted by Gasteiger charge is 2.47. The highest BCUT2D eigenvalue weighted by molar-refractivity contribution is 8.55. The molecular weight excluding hydrogens is 557 g/mol. The van der Waals surface area contributed by atoms with Gasteiger partial charge in [0.05, 0.1) is 6.61 Å². The van der Waals surface area contributed by atoms with Crippen molar-refractivity contribution in [1.29, 1.82) is 0 Å². The Labute approximate surface area is 201 Å². The number of nitrogens with zero attached hydrogens (tertiary/aromatic N) is 1. The molecule has 3 rings (SSSR count). The summed E-state index contributed by atoms with van der Waals surface area (Å²) in [5, 5.41) is 20.0. The lowest BCUT2D eigenvalue weighted by Crippen LogP contribution is -2.37. The van der Waals surface area contributed by atoms with Crippen LogP contribution in [-0.2, 0) is 31.6 Å². The standard InChI is InChI=1S/C15H25N2O14P3S/c18-11-6-7-17(15(21)16-11)14-13(20)12(19)10(29-14)8-28-32(22,23)30-33(24,25)31-34(26,27)35-9-4-2-1-3-5-9/h6-7,9-10,12-14,19-20H,1-5,8H2,(H,22,23)(H,24,25)(H,26,27)(H,16,18,21). The largest absolute Gasteiger partial charge is 0.488 e. The molecule has 1 saturated heterocycles. The van der Waals surface area contributed by atoms with Gasteiger partial charge in [0.2, 0.25) is 0 Å². The van der Waals surface area contributed by atoms with Crippen molar-refractivity contribution in [3.63, 3.8) is 0 Å². The van der Waals surface area contributed by atoms with E-state index in [4.69, 9.17) is 4.74 Å². The van der Waals surface area contributed by atoms with Crippen molar-refractivity contribution in [2.75, 3.05) is 6.61 Å². The molecule has 1 aromatic heterocycles. The van der Waals surface area contributed by atoms with Crippen LogP contribution in [0.3, 0.4) is 0 Å². The topological polar surface area (TPSA) is 244 Å². The average Bonchev–Trinajstić information content (AvgIpc) is 2.99. The third-order valence-electron chi connectivity index (χ3n) is 5.11. The van der Waals surface area contributed by atoms with Crippen molar-refractivity contribution in [1.82, 2.24) is 9.55 Å². The Hall–Kier alpha value is -0.640. The second-order valence-electron chi connectivity index (χ2n) is 7.79. The maximum absolute atomic E-state index is 12.2. The molecule has 0 aromatic carbocycles. The van der Waals surface area contributed by atoms with E-state index in [-0.39, 0.29) is 5.25 Å². The molecular formula is C15H25N2O14P3S. The monoisotopic (exact) mass is 582 g/mol. The second kappa shape index (κ2) is 11.4. The zero-order valence-electron chi connectivity index (χ0n) is 17.9. The summed E-state index contributed by atoms with van der Waals surface area (Å²) in [7, 11) is -11.0. The minimum absolute atomic E-state index is 0.299. The molecule has 200 valence electrons. The number of aromatic nitrogens is 2. The number of nitrogens with one attached hydrogen (secondary N) is 1. The van der Waals surface area contributed by atoms with Gasteiger partial charge in [0, 0.05) is 17.5 Å². The Morgan fingerprint density at radius 2 is 1.69 bits per heavy atom. The molecule has 20 heteroatoms. The second-order valence-corrected chi connectivity index (χ2v) is 15.1. The van der Waals surface area contributed by atoms with Crippen molar-refractivity contribution in [3.05, 3.63) is 33.1 Å². The van der Waals surface area contributed by atoms with E-state index in [9.17, 15) is 48.2 Å². The normalized spacial score (nSPS) is 30.9. The first kappa shape index (κ1) is 28.9. The lowest BCUT2D eigenvalue weighted by molar-refractivity contribution is -0.0542. The minimum Gasteiger partial charge on any atom is -0.387 e. The molecule has 6 N–H and O–H groups in total. The summed E-state index contributed by atoms with van der Waals surface area (Å²) in [5.41, 5.74) is -1.69. The van der Waals surface area contributed by atoms with Gasteiger partial charge in [0.25, 0.3) is 5.56 Å². The zero-order valence-corrected chi connectivity index (χ0v) is 21.4. The summed E-state index contributed by atoms with van der Waals surface area (Å²) in [6.07, 6.45) is -1.75. The van der Waals surface area contributed by atoms with Crippen molar-refractivity contribution < 1.29 is 56.5 Å². The zero-order chi connectivity index (χ0) is 26.0. The number of phosphoric ester groups is 1. The molecule has 7 unspecified atom stereocenters. The Morgan fingerprint density at radius 3 is 2.31 bits per heavy atom. The summed E-state index contributed by atoms with van der Waals surface area (Å²) in [5.74, 6) is 0. The van der Waals surface area contributed by atoms with E-state index in [0.717, 1.165) is 36.1 Å². The molecule has 1 aromatic rings. The third kappa shape index (κ3) is 8.17. The van der Waals surface area contributed by atoms with E-state index < -0.39 is 64.8 Å². The van der Waals surface area contributed by atoms with Crippen molar-refractivity contribution >= 4 is 33.8 Å². The smallest absolute Gasteiger partial charge is 0.387 e. The van der Waals surface area contributed by atoms with Gasteiger partial charge in [-0.05, 0) is 24.2 Å². The fraction of sp³-hybridized carbons (Fsp3) is 0.733. The van der Waals surface area contributed by atoms with Crippen LogP contribution in [-0.4, -0.2) is 64.6 Å². The number of ether oxygens (including phenoxy) is 1. The Bertz CT molecular complexity index is 1150. The van der Waals surface area contributed by atoms with Crippen LogP contribution in [0.25, 0.3) is 0 Å². The Kier molecular flexibility index (Phi) is 9.42. The number of aliphatic hydroxyl groups is 2. The van der Waals surface area contributed by atoms with Crippen LogP contribution >= 0.6 is 33.8 Å².